The van der Waals surface area contributed by atoms with Crippen LogP contribution in [0.1, 0.15) is 36.6 Å². The fourth-order valence-electron chi connectivity index (χ4n) is 4.45. The molecule has 0 bridgehead atoms. The second-order valence-corrected chi connectivity index (χ2v) is 11.5. The van der Waals surface area contributed by atoms with E-state index in [1.54, 1.807) is 44.2 Å². The first kappa shape index (κ1) is 34.3. The van der Waals surface area contributed by atoms with E-state index in [1.165, 1.54) is 20.4 Å². The van der Waals surface area contributed by atoms with E-state index >= 15 is 0 Å². The third-order valence-corrected chi connectivity index (χ3v) is 7.71. The molecule has 46 heavy (non-hydrogen) atoms. The minimum atomic E-state index is -0.779. The van der Waals surface area contributed by atoms with Gasteiger partial charge in [0.1, 0.15) is 6.61 Å². The van der Waals surface area contributed by atoms with Gasteiger partial charge in [0.25, 0.3) is 5.91 Å². The Morgan fingerprint density at radius 2 is 1.72 bits per heavy atom. The highest BCUT2D eigenvalue weighted by Crippen LogP contribution is 2.37. The number of hydrogen-bond donors (Lipinski definition) is 3. The molecule has 14 heteroatoms. The first-order valence-corrected chi connectivity index (χ1v) is 15.5. The van der Waals surface area contributed by atoms with Gasteiger partial charge in [0.2, 0.25) is 0 Å². The van der Waals surface area contributed by atoms with Crippen LogP contribution >= 0.6 is 31.9 Å². The predicted molar refractivity (Wildman–Crippen MR) is 177 cm³/mol. The van der Waals surface area contributed by atoms with Crippen LogP contribution in [0.25, 0.3) is 0 Å². The molecule has 3 amide bonds. The number of rotatable bonds is 13. The van der Waals surface area contributed by atoms with E-state index in [-0.39, 0.29) is 24.5 Å². The quantitative estimate of drug-likeness (QED) is 0.117. The summed E-state index contributed by atoms with van der Waals surface area (Å²) in [7, 11) is 2.97. The molecule has 1 atom stereocenters. The van der Waals surface area contributed by atoms with Crippen molar-refractivity contribution in [2.45, 2.75) is 26.5 Å². The topological polar surface area (TPSA) is 146 Å². The van der Waals surface area contributed by atoms with Crippen molar-refractivity contribution in [2.75, 3.05) is 27.4 Å². The van der Waals surface area contributed by atoms with Crippen LogP contribution in [0.2, 0.25) is 0 Å². The van der Waals surface area contributed by atoms with Gasteiger partial charge in [-0.15, -0.1) is 0 Å². The second kappa shape index (κ2) is 16.1. The number of nitrogens with zero attached hydrogens (tertiary/aromatic N) is 1. The predicted octanol–water partition coefficient (Wildman–Crippen LogP) is 5.53. The highest BCUT2D eigenvalue weighted by molar-refractivity contribution is 9.10. The van der Waals surface area contributed by atoms with Crippen molar-refractivity contribution in [1.29, 1.82) is 0 Å². The number of ether oxygens (including phenoxy) is 5. The van der Waals surface area contributed by atoms with E-state index in [1.807, 2.05) is 24.3 Å². The number of hydrazone groups is 1. The van der Waals surface area contributed by atoms with Gasteiger partial charge in [-0.05, 0) is 82.9 Å². The number of benzene rings is 3. The molecule has 0 fully saturated rings. The number of allylic oxidation sites excluding steroid dienone is 1. The first-order valence-electron chi connectivity index (χ1n) is 14.0. The summed E-state index contributed by atoms with van der Waals surface area (Å²) in [6.07, 6.45) is 1.46. The zero-order valence-electron chi connectivity index (χ0n) is 25.4. The summed E-state index contributed by atoms with van der Waals surface area (Å²) in [5, 5.41) is 9.35. The summed E-state index contributed by atoms with van der Waals surface area (Å²) in [4.78, 5) is 37.3. The van der Waals surface area contributed by atoms with Crippen LogP contribution in [-0.4, -0.2) is 51.6 Å². The normalized spacial score (nSPS) is 14.3. The Morgan fingerprint density at radius 3 is 2.41 bits per heavy atom. The van der Waals surface area contributed by atoms with Crippen molar-refractivity contribution in [3.63, 3.8) is 0 Å². The lowest BCUT2D eigenvalue weighted by molar-refractivity contribution is -0.139. The van der Waals surface area contributed by atoms with Crippen LogP contribution in [0.5, 0.6) is 23.0 Å². The number of carbonyl (C=O) groups excluding carboxylic acids is 3. The van der Waals surface area contributed by atoms with Gasteiger partial charge >= 0.3 is 12.0 Å². The molecule has 0 radical (unpaired) electrons. The summed E-state index contributed by atoms with van der Waals surface area (Å²) in [6.45, 7) is 3.49. The van der Waals surface area contributed by atoms with E-state index in [9.17, 15) is 14.4 Å². The molecule has 0 aliphatic carbocycles. The van der Waals surface area contributed by atoms with Gasteiger partial charge in [-0.2, -0.15) is 5.10 Å². The van der Waals surface area contributed by atoms with Crippen LogP contribution in [0, 0.1) is 0 Å². The van der Waals surface area contributed by atoms with Gasteiger partial charge in [0, 0.05) is 10.2 Å². The van der Waals surface area contributed by atoms with E-state index in [0.29, 0.717) is 45.2 Å². The molecular formula is C32H32Br2N4O8. The Labute approximate surface area is 282 Å². The molecule has 0 saturated heterocycles. The Kier molecular flexibility index (Phi) is 12.0. The number of nitrogens with one attached hydrogen (secondary N) is 3. The molecule has 1 aliphatic heterocycles. The Balaban J connectivity index is 1.37. The molecule has 0 spiro atoms. The van der Waals surface area contributed by atoms with Crippen LogP contribution in [0.3, 0.4) is 0 Å². The van der Waals surface area contributed by atoms with Gasteiger partial charge in [-0.1, -0.05) is 34.1 Å². The summed E-state index contributed by atoms with van der Waals surface area (Å²) in [5.41, 5.74) is 5.27. The first-order chi connectivity index (χ1) is 22.1. The minimum Gasteiger partial charge on any atom is -0.493 e. The van der Waals surface area contributed by atoms with E-state index in [4.69, 9.17) is 23.7 Å². The average Bonchev–Trinajstić information content (AvgIpc) is 3.03. The average molecular weight is 760 g/mol. The van der Waals surface area contributed by atoms with E-state index < -0.39 is 23.9 Å². The third kappa shape index (κ3) is 8.79. The highest BCUT2D eigenvalue weighted by atomic mass is 79.9. The molecule has 242 valence electrons. The Bertz CT molecular complexity index is 1660. The lowest BCUT2D eigenvalue weighted by atomic mass is 9.95. The SMILES string of the molecule is CCOC(=O)C1=C(C)NC(=O)N[C@@H]1c1ccc(OCC(=O)N/N=C\c2cc(Br)c(OCc3ccc(Br)cc3)c(OC)c2)c(OC)c1. The molecule has 3 aromatic carbocycles. The maximum Gasteiger partial charge on any atom is 0.338 e. The molecule has 4 rings (SSSR count). The summed E-state index contributed by atoms with van der Waals surface area (Å²) >= 11 is 6.94. The number of methoxy groups -OCH3 is 2. The van der Waals surface area contributed by atoms with Gasteiger partial charge < -0.3 is 34.3 Å². The van der Waals surface area contributed by atoms with E-state index in [0.717, 1.165) is 10.0 Å². The number of amides is 3. The fourth-order valence-corrected chi connectivity index (χ4v) is 5.29. The van der Waals surface area contributed by atoms with Crippen molar-refractivity contribution in [2.24, 2.45) is 5.10 Å². The van der Waals surface area contributed by atoms with Crippen molar-refractivity contribution in [3.8, 4) is 23.0 Å². The molecule has 1 heterocycles. The Morgan fingerprint density at radius 1 is 0.978 bits per heavy atom. The second-order valence-electron chi connectivity index (χ2n) is 9.73. The largest absolute Gasteiger partial charge is 0.493 e. The van der Waals surface area contributed by atoms with Gasteiger partial charge in [-0.25, -0.2) is 15.0 Å². The van der Waals surface area contributed by atoms with Crippen molar-refractivity contribution >= 4 is 56.0 Å². The highest BCUT2D eigenvalue weighted by Gasteiger charge is 2.32. The van der Waals surface area contributed by atoms with Crippen molar-refractivity contribution < 1.29 is 38.1 Å². The molecule has 3 aromatic rings. The zero-order chi connectivity index (χ0) is 33.2. The maximum atomic E-state index is 12.6. The van der Waals surface area contributed by atoms with Gasteiger partial charge in [0.05, 0.1) is 43.1 Å². The minimum absolute atomic E-state index is 0.180. The maximum absolute atomic E-state index is 12.6. The van der Waals surface area contributed by atoms with Crippen molar-refractivity contribution in [3.05, 3.63) is 91.5 Å². The lowest BCUT2D eigenvalue weighted by Crippen LogP contribution is -2.45. The standard InChI is InChI=1S/C32H32Br2N4O8/c1-5-44-31(40)28-18(2)36-32(41)37-29(28)21-8-11-24(25(14-21)42-3)45-17-27(39)38-35-15-20-12-23(34)30(26(13-20)43-4)46-16-19-6-9-22(33)10-7-19/h6-15,29H,5,16-17H2,1-4H3,(H,38,39)(H2,36,37,41)/b35-15-/t29-/m1/s1. The molecule has 12 nitrogen and oxygen atoms in total. The Hall–Kier alpha value is -4.56. The summed E-state index contributed by atoms with van der Waals surface area (Å²) in [6, 6.07) is 14.9. The number of halogens is 2. The molecule has 1 aliphatic rings. The molecule has 3 N–H and O–H groups in total. The fraction of sp³-hybridized carbons (Fsp3) is 0.250. The van der Waals surface area contributed by atoms with Crippen LogP contribution < -0.4 is 35.0 Å². The molecular weight excluding hydrogens is 728 g/mol. The number of urea groups is 1. The van der Waals surface area contributed by atoms with E-state index in [2.05, 4.69) is 53.0 Å². The third-order valence-electron chi connectivity index (χ3n) is 6.60. The summed E-state index contributed by atoms with van der Waals surface area (Å²) in [5.74, 6) is 0.517. The van der Waals surface area contributed by atoms with Crippen LogP contribution in [0.4, 0.5) is 4.79 Å². The number of hydrogen-bond acceptors (Lipinski definition) is 9. The lowest BCUT2D eigenvalue weighted by Gasteiger charge is -2.28. The number of esters is 1. The van der Waals surface area contributed by atoms with Gasteiger partial charge in [0.15, 0.2) is 29.6 Å². The molecule has 0 saturated carbocycles. The summed E-state index contributed by atoms with van der Waals surface area (Å²) < 4.78 is 29.4. The molecule has 0 aromatic heterocycles. The molecule has 0 unspecified atom stereocenters. The van der Waals surface area contributed by atoms with Crippen LogP contribution in [-0.2, 0) is 20.9 Å². The smallest absolute Gasteiger partial charge is 0.338 e. The number of carbonyl (C=O) groups is 3. The monoisotopic (exact) mass is 758 g/mol. The zero-order valence-corrected chi connectivity index (χ0v) is 28.6. The van der Waals surface area contributed by atoms with Gasteiger partial charge in [-0.3, -0.25) is 4.79 Å². The van der Waals surface area contributed by atoms with Crippen molar-refractivity contribution in [1.82, 2.24) is 16.1 Å². The van der Waals surface area contributed by atoms with Crippen LogP contribution in [0.15, 0.2) is 79.9 Å².